The molecule has 0 spiro atoms. The molecule has 0 bridgehead atoms. The van der Waals surface area contributed by atoms with Gasteiger partial charge in [0.1, 0.15) is 11.4 Å². The van der Waals surface area contributed by atoms with E-state index in [0.717, 1.165) is 25.3 Å². The third kappa shape index (κ3) is 3.71. The van der Waals surface area contributed by atoms with Gasteiger partial charge in [-0.1, -0.05) is 26.0 Å². The number of nitrogens with one attached hydrogen (secondary N) is 1. The molecule has 19 heavy (non-hydrogen) atoms. The summed E-state index contributed by atoms with van der Waals surface area (Å²) in [5, 5.41) is 12.6. The Kier molecular flexibility index (Phi) is 3.88. The minimum Gasteiger partial charge on any atom is -0.487 e. The summed E-state index contributed by atoms with van der Waals surface area (Å²) < 4.78 is 5.87. The van der Waals surface area contributed by atoms with Gasteiger partial charge in [0.2, 0.25) is 0 Å². The van der Waals surface area contributed by atoms with Crippen LogP contribution in [0.25, 0.3) is 0 Å². The van der Waals surface area contributed by atoms with Crippen molar-refractivity contribution in [2.75, 3.05) is 13.2 Å². The standard InChI is InChI=1S/C16H25NO2/c1-15(2,11-18)10-17-9-12-5-6-14-13(7-12)8-16(3,4)19-14/h5-7,17-18H,8-11H2,1-4H3. The summed E-state index contributed by atoms with van der Waals surface area (Å²) in [4.78, 5) is 0. The summed E-state index contributed by atoms with van der Waals surface area (Å²) in [6, 6.07) is 6.40. The van der Waals surface area contributed by atoms with Crippen LogP contribution in [0.4, 0.5) is 0 Å². The zero-order valence-corrected chi connectivity index (χ0v) is 12.4. The van der Waals surface area contributed by atoms with Crippen LogP contribution in [0.15, 0.2) is 18.2 Å². The maximum Gasteiger partial charge on any atom is 0.123 e. The third-order valence-electron chi connectivity index (χ3n) is 3.49. The topological polar surface area (TPSA) is 41.5 Å². The molecular formula is C16H25NO2. The third-order valence-corrected chi connectivity index (χ3v) is 3.49. The van der Waals surface area contributed by atoms with Gasteiger partial charge in [0.05, 0.1) is 0 Å². The SMILES string of the molecule is CC(C)(CO)CNCc1ccc2c(c1)CC(C)(C)O2. The maximum atomic E-state index is 9.22. The molecule has 1 aliphatic heterocycles. The summed E-state index contributed by atoms with van der Waals surface area (Å²) in [7, 11) is 0. The predicted molar refractivity (Wildman–Crippen MR) is 77.4 cm³/mol. The van der Waals surface area contributed by atoms with E-state index in [9.17, 15) is 5.11 Å². The van der Waals surface area contributed by atoms with Crippen molar-refractivity contribution in [1.29, 1.82) is 0 Å². The van der Waals surface area contributed by atoms with E-state index in [4.69, 9.17) is 4.74 Å². The Morgan fingerprint density at radius 2 is 2.11 bits per heavy atom. The molecule has 0 radical (unpaired) electrons. The first-order valence-electron chi connectivity index (χ1n) is 6.94. The number of ether oxygens (including phenoxy) is 1. The zero-order chi connectivity index (χ0) is 14.1. The second-order valence-electron chi connectivity index (χ2n) is 6.91. The Labute approximate surface area is 116 Å². The smallest absolute Gasteiger partial charge is 0.123 e. The number of aliphatic hydroxyl groups is 1. The minimum absolute atomic E-state index is 0.0676. The van der Waals surface area contributed by atoms with Crippen molar-refractivity contribution in [3.63, 3.8) is 0 Å². The molecule has 0 aromatic heterocycles. The summed E-state index contributed by atoms with van der Waals surface area (Å²) in [6.07, 6.45) is 0.971. The van der Waals surface area contributed by atoms with Crippen LogP contribution < -0.4 is 10.1 Å². The predicted octanol–water partition coefficient (Wildman–Crippen LogP) is 2.51. The van der Waals surface area contributed by atoms with E-state index in [1.807, 2.05) is 0 Å². The van der Waals surface area contributed by atoms with Crippen molar-refractivity contribution in [3.05, 3.63) is 29.3 Å². The van der Waals surface area contributed by atoms with Crippen molar-refractivity contribution in [2.45, 2.75) is 46.3 Å². The average Bonchev–Trinajstić information content (AvgIpc) is 2.62. The number of hydrogen-bond acceptors (Lipinski definition) is 3. The minimum atomic E-state index is -0.0761. The summed E-state index contributed by atoms with van der Waals surface area (Å²) in [6.45, 7) is 10.2. The first-order valence-corrected chi connectivity index (χ1v) is 6.94. The highest BCUT2D eigenvalue weighted by Gasteiger charge is 2.29. The van der Waals surface area contributed by atoms with Crippen LogP contribution in [-0.2, 0) is 13.0 Å². The Balaban J connectivity index is 1.94. The quantitative estimate of drug-likeness (QED) is 0.857. The lowest BCUT2D eigenvalue weighted by Crippen LogP contribution is -2.31. The fourth-order valence-electron chi connectivity index (χ4n) is 2.37. The molecule has 1 heterocycles. The fourth-order valence-corrected chi connectivity index (χ4v) is 2.37. The lowest BCUT2D eigenvalue weighted by atomic mass is 9.95. The van der Waals surface area contributed by atoms with Crippen molar-refractivity contribution in [3.8, 4) is 5.75 Å². The Bertz CT molecular complexity index is 452. The zero-order valence-electron chi connectivity index (χ0n) is 12.4. The molecule has 106 valence electrons. The monoisotopic (exact) mass is 263 g/mol. The van der Waals surface area contributed by atoms with Crippen LogP contribution >= 0.6 is 0 Å². The van der Waals surface area contributed by atoms with E-state index in [0.29, 0.717) is 0 Å². The van der Waals surface area contributed by atoms with Crippen LogP contribution in [0.5, 0.6) is 5.75 Å². The first kappa shape index (κ1) is 14.4. The molecule has 0 saturated heterocycles. The number of benzene rings is 1. The molecule has 0 saturated carbocycles. The molecule has 1 aromatic carbocycles. The van der Waals surface area contributed by atoms with Gasteiger partial charge in [0, 0.05) is 31.5 Å². The van der Waals surface area contributed by atoms with Gasteiger partial charge < -0.3 is 15.2 Å². The molecule has 0 unspecified atom stereocenters. The van der Waals surface area contributed by atoms with Gasteiger partial charge in [0.25, 0.3) is 0 Å². The molecule has 3 heteroatoms. The molecule has 0 atom stereocenters. The lowest BCUT2D eigenvalue weighted by Gasteiger charge is -2.22. The van der Waals surface area contributed by atoms with Crippen molar-refractivity contribution >= 4 is 0 Å². The van der Waals surface area contributed by atoms with Crippen LogP contribution in [0.3, 0.4) is 0 Å². The molecule has 3 nitrogen and oxygen atoms in total. The summed E-state index contributed by atoms with van der Waals surface area (Å²) in [5.74, 6) is 1.02. The highest BCUT2D eigenvalue weighted by Crippen LogP contribution is 2.35. The van der Waals surface area contributed by atoms with Crippen LogP contribution in [0, 0.1) is 5.41 Å². The van der Waals surface area contributed by atoms with E-state index in [1.165, 1.54) is 11.1 Å². The van der Waals surface area contributed by atoms with Crippen molar-refractivity contribution < 1.29 is 9.84 Å². The largest absolute Gasteiger partial charge is 0.487 e. The van der Waals surface area contributed by atoms with Gasteiger partial charge in [0.15, 0.2) is 0 Å². The molecule has 1 aliphatic rings. The number of aliphatic hydroxyl groups excluding tert-OH is 1. The normalized spacial score (nSPS) is 17.1. The van der Waals surface area contributed by atoms with E-state index in [2.05, 4.69) is 51.2 Å². The molecule has 1 aromatic rings. The average molecular weight is 263 g/mol. The Morgan fingerprint density at radius 1 is 1.37 bits per heavy atom. The summed E-state index contributed by atoms with van der Waals surface area (Å²) >= 11 is 0. The Morgan fingerprint density at radius 3 is 2.79 bits per heavy atom. The van der Waals surface area contributed by atoms with Crippen molar-refractivity contribution in [1.82, 2.24) is 5.32 Å². The van der Waals surface area contributed by atoms with Crippen LogP contribution in [-0.4, -0.2) is 23.9 Å². The van der Waals surface area contributed by atoms with Gasteiger partial charge >= 0.3 is 0 Å². The molecular weight excluding hydrogens is 238 g/mol. The maximum absolute atomic E-state index is 9.22. The molecule has 2 N–H and O–H groups in total. The second kappa shape index (κ2) is 5.14. The highest BCUT2D eigenvalue weighted by molar-refractivity contribution is 5.41. The van der Waals surface area contributed by atoms with Gasteiger partial charge in [-0.15, -0.1) is 0 Å². The van der Waals surface area contributed by atoms with E-state index < -0.39 is 0 Å². The number of fused-ring (bicyclic) bond motifs is 1. The van der Waals surface area contributed by atoms with Gasteiger partial charge in [-0.25, -0.2) is 0 Å². The van der Waals surface area contributed by atoms with Gasteiger partial charge in [-0.2, -0.15) is 0 Å². The fraction of sp³-hybridized carbons (Fsp3) is 0.625. The molecule has 0 aliphatic carbocycles. The molecule has 2 rings (SSSR count). The Hall–Kier alpha value is -1.06. The van der Waals surface area contributed by atoms with E-state index in [1.54, 1.807) is 0 Å². The lowest BCUT2D eigenvalue weighted by molar-refractivity contribution is 0.138. The van der Waals surface area contributed by atoms with Crippen LogP contribution in [0.1, 0.15) is 38.8 Å². The van der Waals surface area contributed by atoms with Crippen molar-refractivity contribution in [2.24, 2.45) is 5.41 Å². The number of rotatable bonds is 5. The highest BCUT2D eigenvalue weighted by atomic mass is 16.5. The van der Waals surface area contributed by atoms with E-state index in [-0.39, 0.29) is 17.6 Å². The molecule has 0 amide bonds. The molecule has 0 fully saturated rings. The van der Waals surface area contributed by atoms with Gasteiger partial charge in [-0.3, -0.25) is 0 Å². The first-order chi connectivity index (χ1) is 8.81. The van der Waals surface area contributed by atoms with Crippen LogP contribution in [0.2, 0.25) is 0 Å². The number of hydrogen-bond donors (Lipinski definition) is 2. The second-order valence-corrected chi connectivity index (χ2v) is 6.91. The summed E-state index contributed by atoms with van der Waals surface area (Å²) in [5.41, 5.74) is 2.43. The van der Waals surface area contributed by atoms with E-state index >= 15 is 0 Å². The van der Waals surface area contributed by atoms with Gasteiger partial charge in [-0.05, 0) is 31.0 Å².